The topological polar surface area (TPSA) is 9.23 Å². The molecule has 2 saturated carbocycles. The summed E-state index contributed by atoms with van der Waals surface area (Å²) < 4.78 is 33.3. The van der Waals surface area contributed by atoms with Crippen LogP contribution in [0.25, 0.3) is 0 Å². The number of rotatable bonds is 9. The van der Waals surface area contributed by atoms with E-state index in [2.05, 4.69) is 6.92 Å². The van der Waals surface area contributed by atoms with Crippen LogP contribution in [0.15, 0.2) is 42.5 Å². The van der Waals surface area contributed by atoms with E-state index in [1.54, 1.807) is 18.2 Å². The van der Waals surface area contributed by atoms with Crippen molar-refractivity contribution in [2.45, 2.75) is 96.5 Å². The van der Waals surface area contributed by atoms with Gasteiger partial charge in [0.05, 0.1) is 0 Å². The second-order valence-electron chi connectivity index (χ2n) is 10.5. The lowest BCUT2D eigenvalue weighted by atomic mass is 9.68. The Balaban J connectivity index is 1.26. The number of halogens is 2. The minimum Gasteiger partial charge on any atom is -0.489 e. The van der Waals surface area contributed by atoms with Crippen LogP contribution in [-0.2, 0) is 6.61 Å². The summed E-state index contributed by atoms with van der Waals surface area (Å²) in [6.45, 7) is 2.61. The summed E-state index contributed by atoms with van der Waals surface area (Å²) in [5, 5.41) is 0. The monoisotopic (exact) mass is 454 g/mol. The first-order valence-corrected chi connectivity index (χ1v) is 13.3. The zero-order chi connectivity index (χ0) is 23.0. The Morgan fingerprint density at radius 2 is 1.42 bits per heavy atom. The van der Waals surface area contributed by atoms with Crippen LogP contribution in [-0.4, -0.2) is 0 Å². The molecule has 0 saturated heterocycles. The third kappa shape index (κ3) is 7.04. The molecule has 180 valence electrons. The van der Waals surface area contributed by atoms with Gasteiger partial charge in [0.1, 0.15) is 24.0 Å². The highest BCUT2D eigenvalue weighted by molar-refractivity contribution is 5.32. The van der Waals surface area contributed by atoms with E-state index in [1.165, 1.54) is 82.4 Å². The maximum absolute atomic E-state index is 14.3. The van der Waals surface area contributed by atoms with Gasteiger partial charge in [0.2, 0.25) is 0 Å². The highest BCUT2D eigenvalue weighted by Gasteiger charge is 2.31. The van der Waals surface area contributed by atoms with Crippen LogP contribution in [0.4, 0.5) is 8.78 Å². The van der Waals surface area contributed by atoms with Crippen molar-refractivity contribution < 1.29 is 13.5 Å². The molecule has 0 heterocycles. The fourth-order valence-corrected chi connectivity index (χ4v) is 6.21. The average Bonchev–Trinajstić information content (AvgIpc) is 2.84. The van der Waals surface area contributed by atoms with Crippen LogP contribution in [0.3, 0.4) is 0 Å². The quantitative estimate of drug-likeness (QED) is 0.343. The third-order valence-corrected chi connectivity index (χ3v) is 8.23. The maximum atomic E-state index is 14.3. The van der Waals surface area contributed by atoms with Crippen molar-refractivity contribution in [3.63, 3.8) is 0 Å². The van der Waals surface area contributed by atoms with Gasteiger partial charge in [-0.15, -0.1) is 0 Å². The van der Waals surface area contributed by atoms with Crippen LogP contribution in [0, 0.1) is 29.4 Å². The van der Waals surface area contributed by atoms with Gasteiger partial charge in [0.25, 0.3) is 0 Å². The van der Waals surface area contributed by atoms with Gasteiger partial charge in [-0.3, -0.25) is 0 Å². The van der Waals surface area contributed by atoms with Crippen molar-refractivity contribution in [3.8, 4) is 5.75 Å². The molecule has 0 aromatic heterocycles. The Labute approximate surface area is 198 Å². The van der Waals surface area contributed by atoms with Crippen molar-refractivity contribution in [2.24, 2.45) is 17.8 Å². The van der Waals surface area contributed by atoms with Gasteiger partial charge in [-0.1, -0.05) is 57.6 Å². The minimum atomic E-state index is -0.262. The highest BCUT2D eigenvalue weighted by atomic mass is 19.1. The molecule has 0 aliphatic heterocycles. The van der Waals surface area contributed by atoms with E-state index < -0.39 is 0 Å². The molecular weight excluding hydrogens is 414 g/mol. The molecule has 0 atom stereocenters. The molecule has 0 unspecified atom stereocenters. The van der Waals surface area contributed by atoms with Gasteiger partial charge in [0, 0.05) is 6.07 Å². The zero-order valence-corrected chi connectivity index (χ0v) is 20.2. The zero-order valence-electron chi connectivity index (χ0n) is 20.2. The standard InChI is InChI=1S/C30H40F2O/c1-2-3-4-5-22-6-10-24(11-7-22)25-12-14-26(15-13-25)27-18-29(32)20-30(19-27)33-21-23-8-16-28(31)17-9-23/h8-9,16-20,22,24-26H,2-7,10-15,21H2,1H3. The Morgan fingerprint density at radius 3 is 2.09 bits per heavy atom. The Kier molecular flexibility index (Phi) is 8.81. The van der Waals surface area contributed by atoms with E-state index in [9.17, 15) is 8.78 Å². The summed E-state index contributed by atoms with van der Waals surface area (Å²) in [4.78, 5) is 0. The molecule has 2 aliphatic rings. The molecule has 0 bridgehead atoms. The molecule has 0 radical (unpaired) electrons. The number of benzene rings is 2. The molecule has 0 amide bonds. The molecule has 33 heavy (non-hydrogen) atoms. The molecule has 0 N–H and O–H groups in total. The molecular formula is C30H40F2O. The van der Waals surface area contributed by atoms with E-state index in [1.807, 2.05) is 6.07 Å². The fourth-order valence-electron chi connectivity index (χ4n) is 6.21. The summed E-state index contributed by atoms with van der Waals surface area (Å²) >= 11 is 0. The fraction of sp³-hybridized carbons (Fsp3) is 0.600. The van der Waals surface area contributed by atoms with Gasteiger partial charge >= 0.3 is 0 Å². The number of hydrogen-bond acceptors (Lipinski definition) is 1. The van der Waals surface area contributed by atoms with Crippen LogP contribution >= 0.6 is 0 Å². The number of ether oxygens (including phenoxy) is 1. The van der Waals surface area contributed by atoms with Gasteiger partial charge in [-0.2, -0.15) is 0 Å². The van der Waals surface area contributed by atoms with Gasteiger partial charge < -0.3 is 4.74 Å². The second-order valence-corrected chi connectivity index (χ2v) is 10.5. The highest BCUT2D eigenvalue weighted by Crippen LogP contribution is 2.45. The summed E-state index contributed by atoms with van der Waals surface area (Å²) in [7, 11) is 0. The van der Waals surface area contributed by atoms with Crippen LogP contribution < -0.4 is 4.74 Å². The lowest BCUT2D eigenvalue weighted by Gasteiger charge is -2.38. The smallest absolute Gasteiger partial charge is 0.127 e. The molecule has 2 fully saturated rings. The molecule has 3 heteroatoms. The molecule has 1 nitrogen and oxygen atoms in total. The van der Waals surface area contributed by atoms with Crippen LogP contribution in [0.2, 0.25) is 0 Å². The predicted molar refractivity (Wildman–Crippen MR) is 131 cm³/mol. The normalized spacial score (nSPS) is 25.7. The van der Waals surface area contributed by atoms with Crippen molar-refractivity contribution in [2.75, 3.05) is 0 Å². The average molecular weight is 455 g/mol. The first-order chi connectivity index (χ1) is 16.1. The summed E-state index contributed by atoms with van der Waals surface area (Å²) in [5.74, 6) is 3.25. The van der Waals surface area contributed by atoms with Gasteiger partial charge in [-0.25, -0.2) is 8.78 Å². The van der Waals surface area contributed by atoms with E-state index in [-0.39, 0.29) is 11.6 Å². The third-order valence-electron chi connectivity index (χ3n) is 8.23. The second kappa shape index (κ2) is 12.0. The van der Waals surface area contributed by atoms with Gasteiger partial charge in [0.15, 0.2) is 0 Å². The summed E-state index contributed by atoms with van der Waals surface area (Å²) in [6.07, 6.45) is 16.2. The van der Waals surface area contributed by atoms with E-state index in [4.69, 9.17) is 4.74 Å². The Hall–Kier alpha value is -1.90. The molecule has 4 rings (SSSR count). The Morgan fingerprint density at radius 1 is 0.758 bits per heavy atom. The van der Waals surface area contributed by atoms with Gasteiger partial charge in [-0.05, 0) is 97.6 Å². The van der Waals surface area contributed by atoms with Crippen molar-refractivity contribution in [3.05, 3.63) is 65.2 Å². The maximum Gasteiger partial charge on any atom is 0.127 e. The molecule has 0 spiro atoms. The van der Waals surface area contributed by atoms with Crippen LogP contribution in [0.1, 0.15) is 101 Å². The molecule has 2 aliphatic carbocycles. The minimum absolute atomic E-state index is 0.231. The number of hydrogen-bond donors (Lipinski definition) is 0. The predicted octanol–water partition coefficient (Wildman–Crippen LogP) is 9.20. The van der Waals surface area contributed by atoms with Crippen molar-refractivity contribution in [1.29, 1.82) is 0 Å². The van der Waals surface area contributed by atoms with E-state index >= 15 is 0 Å². The molecule has 2 aromatic carbocycles. The Bertz CT molecular complexity index is 846. The lowest BCUT2D eigenvalue weighted by molar-refractivity contribution is 0.155. The first kappa shape index (κ1) is 24.2. The first-order valence-electron chi connectivity index (χ1n) is 13.3. The van der Waals surface area contributed by atoms with Crippen LogP contribution in [0.5, 0.6) is 5.75 Å². The van der Waals surface area contributed by atoms with E-state index in [0.29, 0.717) is 18.3 Å². The largest absolute Gasteiger partial charge is 0.489 e. The lowest BCUT2D eigenvalue weighted by Crippen LogP contribution is -2.25. The van der Waals surface area contributed by atoms with E-state index in [0.717, 1.165) is 41.7 Å². The summed E-state index contributed by atoms with van der Waals surface area (Å²) in [5.41, 5.74) is 1.95. The van der Waals surface area contributed by atoms with Crippen molar-refractivity contribution >= 4 is 0 Å². The summed E-state index contributed by atoms with van der Waals surface area (Å²) in [6, 6.07) is 11.4. The molecule has 2 aromatic rings. The van der Waals surface area contributed by atoms with Crippen molar-refractivity contribution in [1.82, 2.24) is 0 Å². The number of unbranched alkanes of at least 4 members (excludes halogenated alkanes) is 2. The SMILES string of the molecule is CCCCCC1CCC(C2CCC(c3cc(F)cc(OCc4ccc(F)cc4)c3)CC2)CC1.